The summed E-state index contributed by atoms with van der Waals surface area (Å²) < 4.78 is 42.8. The Bertz CT molecular complexity index is 1170. The number of fused-ring (bicyclic) bond motifs is 1. The second-order valence-corrected chi connectivity index (χ2v) is 9.54. The van der Waals surface area contributed by atoms with Crippen molar-refractivity contribution in [2.24, 2.45) is 0 Å². The summed E-state index contributed by atoms with van der Waals surface area (Å²) in [4.78, 5) is 16.2. The number of hydrogen-bond acceptors (Lipinski definition) is 3. The molecule has 0 saturated carbocycles. The summed E-state index contributed by atoms with van der Waals surface area (Å²) in [5, 5.41) is 7.76. The molecule has 184 valence electrons. The molecule has 3 aromatic rings. The Kier molecular flexibility index (Phi) is 6.46. The van der Waals surface area contributed by atoms with Crippen molar-refractivity contribution in [2.75, 3.05) is 31.5 Å². The minimum atomic E-state index is -4.50. The molecule has 6 nitrogen and oxygen atoms in total. The van der Waals surface area contributed by atoms with Crippen molar-refractivity contribution in [3.63, 3.8) is 0 Å². The summed E-state index contributed by atoms with van der Waals surface area (Å²) in [6.07, 6.45) is -4.73. The van der Waals surface area contributed by atoms with E-state index in [9.17, 15) is 18.0 Å². The van der Waals surface area contributed by atoms with Crippen molar-refractivity contribution in [1.29, 1.82) is 0 Å². The van der Waals surface area contributed by atoms with E-state index in [0.717, 1.165) is 24.3 Å². The third-order valence-corrected chi connectivity index (χ3v) is 6.99. The molecule has 0 radical (unpaired) electrons. The number of nitrogens with zero attached hydrogens (tertiary/aromatic N) is 3. The van der Waals surface area contributed by atoms with Crippen LogP contribution < -0.4 is 10.2 Å². The highest BCUT2D eigenvalue weighted by atomic mass is 35.5. The van der Waals surface area contributed by atoms with Crippen LogP contribution in [0.1, 0.15) is 40.1 Å². The van der Waals surface area contributed by atoms with E-state index < -0.39 is 18.3 Å². The Labute approximate surface area is 206 Å². The van der Waals surface area contributed by atoms with Crippen LogP contribution in [0.4, 0.5) is 19.0 Å². The summed E-state index contributed by atoms with van der Waals surface area (Å²) in [5.74, 6) is -0.147. The average Bonchev–Trinajstić information content (AvgIpc) is 3.28. The highest BCUT2D eigenvalue weighted by Crippen LogP contribution is 2.43. The van der Waals surface area contributed by atoms with Gasteiger partial charge < -0.3 is 15.1 Å². The number of carbonyl (C=O) groups is 1. The van der Waals surface area contributed by atoms with Gasteiger partial charge in [0.2, 0.25) is 0 Å². The lowest BCUT2D eigenvalue weighted by molar-refractivity contribution is -0.917. The van der Waals surface area contributed by atoms with Gasteiger partial charge in [0.05, 0.1) is 32.2 Å². The van der Waals surface area contributed by atoms with Gasteiger partial charge in [-0.15, -0.1) is 0 Å². The highest BCUT2D eigenvalue weighted by molar-refractivity contribution is 6.30. The quantitative estimate of drug-likeness (QED) is 0.569. The molecule has 5 rings (SSSR count). The third kappa shape index (κ3) is 5.16. The van der Waals surface area contributed by atoms with Crippen molar-refractivity contribution in [2.45, 2.75) is 31.2 Å². The molecule has 10 heteroatoms. The van der Waals surface area contributed by atoms with E-state index in [1.807, 2.05) is 18.2 Å². The van der Waals surface area contributed by atoms with Crippen LogP contribution in [0, 0.1) is 0 Å². The number of rotatable bonds is 4. The maximum absolute atomic E-state index is 14.0. The molecule has 2 aliphatic heterocycles. The first-order valence-electron chi connectivity index (χ1n) is 11.6. The minimum Gasteiger partial charge on any atom is -0.363 e. The summed E-state index contributed by atoms with van der Waals surface area (Å²) >= 11 is 5.94. The largest absolute Gasteiger partial charge is 0.410 e. The van der Waals surface area contributed by atoms with E-state index in [1.54, 1.807) is 29.2 Å². The van der Waals surface area contributed by atoms with Gasteiger partial charge in [0.1, 0.15) is 12.4 Å². The van der Waals surface area contributed by atoms with E-state index in [-0.39, 0.29) is 23.8 Å². The molecule has 1 saturated heterocycles. The average molecular weight is 505 g/mol. The Hall–Kier alpha value is -3.04. The molecule has 1 fully saturated rings. The monoisotopic (exact) mass is 504 g/mol. The second kappa shape index (κ2) is 9.54. The number of aromatic nitrogens is 2. The predicted molar refractivity (Wildman–Crippen MR) is 126 cm³/mol. The first-order chi connectivity index (χ1) is 16.8. The van der Waals surface area contributed by atoms with E-state index in [4.69, 9.17) is 11.6 Å². The summed E-state index contributed by atoms with van der Waals surface area (Å²) in [6.45, 7) is 3.50. The first-order valence-corrected chi connectivity index (χ1v) is 12.0. The van der Waals surface area contributed by atoms with Crippen LogP contribution in [0.5, 0.6) is 0 Å². The van der Waals surface area contributed by atoms with Crippen molar-refractivity contribution >= 4 is 23.3 Å². The molecule has 2 atom stereocenters. The van der Waals surface area contributed by atoms with Crippen molar-refractivity contribution in [3.8, 4) is 0 Å². The van der Waals surface area contributed by atoms with Gasteiger partial charge in [-0.1, -0.05) is 54.1 Å². The number of quaternary nitrogens is 1. The van der Waals surface area contributed by atoms with Crippen LogP contribution >= 0.6 is 11.6 Å². The lowest BCUT2D eigenvalue weighted by Crippen LogP contribution is -3.13. The van der Waals surface area contributed by atoms with Crippen LogP contribution in [0.3, 0.4) is 0 Å². The minimum absolute atomic E-state index is 0.0324. The third-order valence-electron chi connectivity index (χ3n) is 6.74. The van der Waals surface area contributed by atoms with Crippen LogP contribution in [-0.2, 0) is 6.54 Å². The second-order valence-electron chi connectivity index (χ2n) is 9.11. The molecule has 3 heterocycles. The number of amides is 1. The molecule has 2 N–H and O–H groups in total. The molecule has 0 bridgehead atoms. The number of nitrogens with one attached hydrogen (secondary N) is 2. The molecule has 2 aromatic carbocycles. The fourth-order valence-electron chi connectivity index (χ4n) is 4.84. The molecule has 0 aliphatic carbocycles. The van der Waals surface area contributed by atoms with E-state index >= 15 is 0 Å². The van der Waals surface area contributed by atoms with Crippen molar-refractivity contribution in [1.82, 2.24) is 14.7 Å². The fourth-order valence-corrected chi connectivity index (χ4v) is 4.97. The number of hydrogen-bond donors (Lipinski definition) is 2. The smallest absolute Gasteiger partial charge is 0.363 e. The summed E-state index contributed by atoms with van der Waals surface area (Å²) in [7, 11) is 0. The molecule has 2 aliphatic rings. The standard InChI is InChI=1S/C25H25ClF3N5O/c26-19-8-6-18(7-9-19)20-14-22(25(27,28)29)34-23(30-20)15-21(31-34)24(35)33-12-10-32(11-13-33)16-17-4-2-1-3-5-17/h1-9,15,20,22,30H,10-14,16H2/p+1. The maximum Gasteiger partial charge on any atom is 0.410 e. The fraction of sp³-hybridized carbons (Fsp3) is 0.360. The van der Waals surface area contributed by atoms with Gasteiger partial charge >= 0.3 is 6.18 Å². The topological polar surface area (TPSA) is 54.6 Å². The van der Waals surface area contributed by atoms with Crippen LogP contribution in [0.15, 0.2) is 60.7 Å². The maximum atomic E-state index is 14.0. The summed E-state index contributed by atoms with van der Waals surface area (Å²) in [6, 6.07) is 15.9. The van der Waals surface area contributed by atoms with Gasteiger partial charge in [0, 0.05) is 23.1 Å². The Morgan fingerprint density at radius 3 is 2.43 bits per heavy atom. The zero-order valence-electron chi connectivity index (χ0n) is 18.9. The predicted octanol–water partition coefficient (Wildman–Crippen LogP) is 3.74. The van der Waals surface area contributed by atoms with Crippen LogP contribution in [-0.4, -0.2) is 52.9 Å². The van der Waals surface area contributed by atoms with Gasteiger partial charge in [-0.2, -0.15) is 18.3 Å². The van der Waals surface area contributed by atoms with Crippen LogP contribution in [0.2, 0.25) is 5.02 Å². The van der Waals surface area contributed by atoms with Gasteiger partial charge in [-0.3, -0.25) is 4.79 Å². The normalized spacial score (nSPS) is 20.9. The lowest BCUT2D eigenvalue weighted by atomic mass is 9.97. The SMILES string of the molecule is O=C(c1cc2n(n1)C(C(F)(F)F)CC(c1ccc(Cl)cc1)N2)N1CC[NH+](Cc2ccccc2)CC1. The zero-order valence-corrected chi connectivity index (χ0v) is 19.7. The molecule has 2 unspecified atom stereocenters. The van der Waals surface area contributed by atoms with Gasteiger partial charge in [-0.05, 0) is 17.7 Å². The van der Waals surface area contributed by atoms with E-state index in [2.05, 4.69) is 22.5 Å². The van der Waals surface area contributed by atoms with E-state index in [0.29, 0.717) is 23.7 Å². The van der Waals surface area contributed by atoms with Gasteiger partial charge in [-0.25, -0.2) is 4.68 Å². The number of anilines is 1. The Morgan fingerprint density at radius 2 is 1.77 bits per heavy atom. The zero-order chi connectivity index (χ0) is 24.6. The van der Waals surface area contributed by atoms with Crippen molar-refractivity contribution in [3.05, 3.63) is 82.5 Å². The summed E-state index contributed by atoms with van der Waals surface area (Å²) in [5.41, 5.74) is 1.97. The molecular weight excluding hydrogens is 479 g/mol. The Morgan fingerprint density at radius 1 is 1.09 bits per heavy atom. The molecule has 1 amide bonds. The molecular formula is C25H26ClF3N5O+. The number of benzene rings is 2. The Balaban J connectivity index is 1.30. The highest BCUT2D eigenvalue weighted by Gasteiger charge is 2.47. The first kappa shape index (κ1) is 23.7. The molecule has 1 aromatic heterocycles. The van der Waals surface area contributed by atoms with Gasteiger partial charge in [0.25, 0.3) is 5.91 Å². The number of alkyl halides is 3. The van der Waals surface area contributed by atoms with Crippen LogP contribution in [0.25, 0.3) is 0 Å². The number of piperazine rings is 1. The number of halogens is 4. The molecule has 35 heavy (non-hydrogen) atoms. The van der Waals surface area contributed by atoms with Gasteiger partial charge in [0.15, 0.2) is 11.7 Å². The number of carbonyl (C=O) groups excluding carboxylic acids is 1. The van der Waals surface area contributed by atoms with E-state index in [1.165, 1.54) is 16.5 Å². The lowest BCUT2D eigenvalue weighted by Gasteiger charge is -2.33. The molecule has 0 spiro atoms. The van der Waals surface area contributed by atoms with Crippen molar-refractivity contribution < 1.29 is 22.9 Å².